The summed E-state index contributed by atoms with van der Waals surface area (Å²) in [5.41, 5.74) is 6.39. The summed E-state index contributed by atoms with van der Waals surface area (Å²) in [6, 6.07) is 23.9. The highest BCUT2D eigenvalue weighted by Gasteiger charge is 2.23. The Balaban J connectivity index is 1.60. The van der Waals surface area contributed by atoms with Crippen LogP contribution in [0.5, 0.6) is 0 Å². The minimum Gasteiger partial charge on any atom is -0.457 e. The van der Waals surface area contributed by atoms with Crippen LogP contribution in [-0.4, -0.2) is 5.97 Å². The Hall–Kier alpha value is -2.87. The number of hydrogen-bond acceptors (Lipinski definition) is 2. The van der Waals surface area contributed by atoms with Crippen LogP contribution in [0.3, 0.4) is 0 Å². The van der Waals surface area contributed by atoms with Crippen LogP contribution in [-0.2, 0) is 17.8 Å². The molecule has 0 saturated heterocycles. The summed E-state index contributed by atoms with van der Waals surface area (Å²) in [6.45, 7) is 0.302. The monoisotopic (exact) mass is 300 g/mol. The van der Waals surface area contributed by atoms with Gasteiger partial charge in [0.15, 0.2) is 0 Å². The first-order chi connectivity index (χ1) is 11.3. The van der Waals surface area contributed by atoms with Crippen molar-refractivity contribution in [2.75, 3.05) is 0 Å². The highest BCUT2D eigenvalue weighted by molar-refractivity contribution is 5.95. The lowest BCUT2D eigenvalue weighted by atomic mass is 10.0. The van der Waals surface area contributed by atoms with E-state index in [0.717, 1.165) is 23.1 Å². The van der Waals surface area contributed by atoms with Crippen LogP contribution in [0, 0.1) is 0 Å². The van der Waals surface area contributed by atoms with Gasteiger partial charge in [0.25, 0.3) is 0 Å². The molecule has 3 aromatic rings. The summed E-state index contributed by atoms with van der Waals surface area (Å²) in [4.78, 5) is 12.5. The Bertz CT molecular complexity index is 866. The van der Waals surface area contributed by atoms with E-state index in [1.807, 2.05) is 54.6 Å². The number of benzene rings is 3. The fourth-order valence-corrected chi connectivity index (χ4v) is 3.15. The molecule has 1 aliphatic rings. The lowest BCUT2D eigenvalue weighted by Gasteiger charge is -2.09. The van der Waals surface area contributed by atoms with Crippen LogP contribution < -0.4 is 0 Å². The second-order valence-electron chi connectivity index (χ2n) is 5.73. The van der Waals surface area contributed by atoms with Gasteiger partial charge in [-0.3, -0.25) is 0 Å². The second kappa shape index (κ2) is 5.73. The standard InChI is InChI=1S/C21H16O2/c22-21(23-14-15-7-2-1-3-8-15)19-12-6-11-18-17-10-5-4-9-16(17)13-20(18)19/h1-12H,13-14H2. The summed E-state index contributed by atoms with van der Waals surface area (Å²) in [7, 11) is 0. The van der Waals surface area contributed by atoms with E-state index in [9.17, 15) is 4.79 Å². The van der Waals surface area contributed by atoms with Gasteiger partial charge in [-0.15, -0.1) is 0 Å². The molecular weight excluding hydrogens is 284 g/mol. The molecule has 2 heteroatoms. The van der Waals surface area contributed by atoms with Crippen molar-refractivity contribution >= 4 is 5.97 Å². The Morgan fingerprint density at radius 3 is 2.43 bits per heavy atom. The lowest BCUT2D eigenvalue weighted by molar-refractivity contribution is 0.0471. The number of fused-ring (bicyclic) bond motifs is 3. The summed E-state index contributed by atoms with van der Waals surface area (Å²) in [5.74, 6) is -0.251. The number of carbonyl (C=O) groups excluding carboxylic acids is 1. The Labute approximate surface area is 135 Å². The molecule has 0 heterocycles. The summed E-state index contributed by atoms with van der Waals surface area (Å²) >= 11 is 0. The van der Waals surface area contributed by atoms with Gasteiger partial charge in [0, 0.05) is 0 Å². The molecule has 23 heavy (non-hydrogen) atoms. The van der Waals surface area contributed by atoms with Crippen molar-refractivity contribution in [1.29, 1.82) is 0 Å². The van der Waals surface area contributed by atoms with Gasteiger partial charge < -0.3 is 4.74 Å². The lowest BCUT2D eigenvalue weighted by Crippen LogP contribution is -2.08. The van der Waals surface area contributed by atoms with Gasteiger partial charge in [-0.25, -0.2) is 4.79 Å². The number of ether oxygens (including phenoxy) is 1. The van der Waals surface area contributed by atoms with Gasteiger partial charge >= 0.3 is 5.97 Å². The molecular formula is C21H16O2. The molecule has 112 valence electrons. The molecule has 0 saturated carbocycles. The average Bonchev–Trinajstić information content (AvgIpc) is 2.99. The predicted molar refractivity (Wildman–Crippen MR) is 90.2 cm³/mol. The second-order valence-corrected chi connectivity index (χ2v) is 5.73. The maximum absolute atomic E-state index is 12.5. The molecule has 0 bridgehead atoms. The van der Waals surface area contributed by atoms with E-state index in [1.54, 1.807) is 0 Å². The van der Waals surface area contributed by atoms with Gasteiger partial charge in [-0.1, -0.05) is 66.7 Å². The Morgan fingerprint density at radius 2 is 1.57 bits per heavy atom. The zero-order chi connectivity index (χ0) is 15.6. The van der Waals surface area contributed by atoms with Gasteiger partial charge in [0.2, 0.25) is 0 Å². The predicted octanol–water partition coefficient (Wildman–Crippen LogP) is 4.61. The van der Waals surface area contributed by atoms with Crippen LogP contribution in [0.4, 0.5) is 0 Å². The van der Waals surface area contributed by atoms with Crippen molar-refractivity contribution in [3.8, 4) is 11.1 Å². The molecule has 0 amide bonds. The quantitative estimate of drug-likeness (QED) is 0.516. The number of esters is 1. The summed E-state index contributed by atoms with van der Waals surface area (Å²) < 4.78 is 5.50. The SMILES string of the molecule is O=C(OCc1ccccc1)c1cccc2c1Cc1ccccc1-2. The highest BCUT2D eigenvalue weighted by Crippen LogP contribution is 2.38. The van der Waals surface area contributed by atoms with E-state index < -0.39 is 0 Å². The molecule has 4 rings (SSSR count). The number of rotatable bonds is 3. The van der Waals surface area contributed by atoms with Crippen molar-refractivity contribution in [1.82, 2.24) is 0 Å². The number of hydrogen-bond donors (Lipinski definition) is 0. The summed E-state index contributed by atoms with van der Waals surface area (Å²) in [5, 5.41) is 0. The maximum Gasteiger partial charge on any atom is 0.338 e. The van der Waals surface area contributed by atoms with Crippen LogP contribution >= 0.6 is 0 Å². The van der Waals surface area contributed by atoms with Crippen molar-refractivity contribution in [2.45, 2.75) is 13.0 Å². The van der Waals surface area contributed by atoms with Gasteiger partial charge in [0.1, 0.15) is 6.61 Å². The fraction of sp³-hybridized carbons (Fsp3) is 0.0952. The highest BCUT2D eigenvalue weighted by atomic mass is 16.5. The first-order valence-electron chi connectivity index (χ1n) is 7.74. The fourth-order valence-electron chi connectivity index (χ4n) is 3.15. The third-order valence-corrected chi connectivity index (χ3v) is 4.28. The Kier molecular flexibility index (Phi) is 3.43. The molecule has 0 unspecified atom stereocenters. The first kappa shape index (κ1) is 13.8. The molecule has 0 N–H and O–H groups in total. The molecule has 0 aromatic heterocycles. The van der Waals surface area contributed by atoms with E-state index in [1.165, 1.54) is 11.1 Å². The van der Waals surface area contributed by atoms with E-state index >= 15 is 0 Å². The van der Waals surface area contributed by atoms with Gasteiger partial charge in [-0.05, 0) is 40.3 Å². The zero-order valence-electron chi connectivity index (χ0n) is 12.7. The molecule has 0 spiro atoms. The van der Waals surface area contributed by atoms with E-state index in [0.29, 0.717) is 12.2 Å². The van der Waals surface area contributed by atoms with E-state index in [4.69, 9.17) is 4.74 Å². The van der Waals surface area contributed by atoms with Crippen molar-refractivity contribution < 1.29 is 9.53 Å². The summed E-state index contributed by atoms with van der Waals surface area (Å²) in [6.07, 6.45) is 0.794. The third-order valence-electron chi connectivity index (χ3n) is 4.28. The van der Waals surface area contributed by atoms with Crippen molar-refractivity contribution in [3.05, 3.63) is 95.1 Å². The van der Waals surface area contributed by atoms with Crippen LogP contribution in [0.2, 0.25) is 0 Å². The van der Waals surface area contributed by atoms with Crippen molar-refractivity contribution in [2.24, 2.45) is 0 Å². The largest absolute Gasteiger partial charge is 0.457 e. The van der Waals surface area contributed by atoms with Crippen LogP contribution in [0.15, 0.2) is 72.8 Å². The third kappa shape index (κ3) is 2.53. The van der Waals surface area contributed by atoms with E-state index in [-0.39, 0.29) is 5.97 Å². The van der Waals surface area contributed by atoms with Gasteiger partial charge in [0.05, 0.1) is 5.56 Å². The van der Waals surface area contributed by atoms with Crippen LogP contribution in [0.25, 0.3) is 11.1 Å². The molecule has 0 aliphatic heterocycles. The maximum atomic E-state index is 12.5. The molecule has 0 radical (unpaired) electrons. The minimum atomic E-state index is -0.251. The van der Waals surface area contributed by atoms with E-state index in [2.05, 4.69) is 18.2 Å². The Morgan fingerprint density at radius 1 is 0.826 bits per heavy atom. The molecule has 2 nitrogen and oxygen atoms in total. The van der Waals surface area contributed by atoms with Gasteiger partial charge in [-0.2, -0.15) is 0 Å². The molecule has 3 aromatic carbocycles. The zero-order valence-corrected chi connectivity index (χ0v) is 12.7. The topological polar surface area (TPSA) is 26.3 Å². The molecule has 0 fully saturated rings. The smallest absolute Gasteiger partial charge is 0.338 e. The first-order valence-corrected chi connectivity index (χ1v) is 7.74. The molecule has 0 atom stereocenters. The average molecular weight is 300 g/mol. The number of carbonyl (C=O) groups is 1. The van der Waals surface area contributed by atoms with Crippen molar-refractivity contribution in [3.63, 3.8) is 0 Å². The minimum absolute atomic E-state index is 0.251. The molecule has 1 aliphatic carbocycles. The van der Waals surface area contributed by atoms with Crippen LogP contribution in [0.1, 0.15) is 27.0 Å². The normalized spacial score (nSPS) is 11.7.